The average Bonchev–Trinajstić information content (AvgIpc) is 3.73. The molecular weight excluding hydrogens is 852 g/mol. The van der Waals surface area contributed by atoms with Crippen LogP contribution in [0.3, 0.4) is 0 Å². The van der Waals surface area contributed by atoms with Crippen LogP contribution >= 0.6 is 0 Å². The molecule has 0 radical (unpaired) electrons. The van der Waals surface area contributed by atoms with Crippen LogP contribution < -0.4 is 0 Å². The summed E-state index contributed by atoms with van der Waals surface area (Å²) in [6.07, 6.45) is -14.7. The normalized spacial score (nSPS) is 51.9. The predicted molar refractivity (Wildman–Crippen MR) is 229 cm³/mol. The van der Waals surface area contributed by atoms with Crippen molar-refractivity contribution in [3.05, 3.63) is 11.6 Å². The van der Waals surface area contributed by atoms with Gasteiger partial charge in [-0.1, -0.05) is 39.3 Å². The number of aliphatic hydroxyl groups is 12. The third kappa shape index (κ3) is 9.28. The second kappa shape index (κ2) is 19.7. The molecule has 3 aliphatic heterocycles. The van der Waals surface area contributed by atoms with Crippen molar-refractivity contribution in [3.8, 4) is 0 Å². The lowest BCUT2D eigenvalue weighted by molar-refractivity contribution is -0.349. The third-order valence-electron chi connectivity index (χ3n) is 18.0. The minimum absolute atomic E-state index is 0.139. The van der Waals surface area contributed by atoms with Crippen molar-refractivity contribution in [1.29, 1.82) is 0 Å². The van der Waals surface area contributed by atoms with Gasteiger partial charge in [-0.05, 0) is 124 Å². The Morgan fingerprint density at radius 2 is 1.17 bits per heavy atom. The second-order valence-electron chi connectivity index (χ2n) is 22.3. The van der Waals surface area contributed by atoms with E-state index < -0.39 is 129 Å². The third-order valence-corrected chi connectivity index (χ3v) is 18.0. The molecule has 7 fully saturated rings. The molecular formula is C47H80O18. The first kappa shape index (κ1) is 51.9. The SMILES string of the molecule is CC(C)=CCC[C@](C)(O[C@@H]1O[C@H](CO[C@@H]2O[C@H](CO)[C@@H](O)[C@H](O)[C@H]2O)[C@@H](O)[C@H](O)[C@H]1O)[C@H]1CCC2[C@@H]1[C@H](O)C[C@@H]1[C@@]3(C)CC[C@H](O[C@@H]4O[C@H](CO)[C@@H](O)[C@H](O)[C@H]4O)C(C)(C)[C@@H]3CC[C@@]21C. The number of aliphatic hydroxyl groups excluding tert-OH is 12. The smallest absolute Gasteiger partial charge is 0.187 e. The fraction of sp³-hybridized carbons (Fsp3) is 0.957. The molecule has 4 saturated carbocycles. The number of hydrogen-bond donors (Lipinski definition) is 12. The van der Waals surface area contributed by atoms with E-state index in [9.17, 15) is 61.3 Å². The van der Waals surface area contributed by atoms with Gasteiger partial charge in [0.1, 0.15) is 73.2 Å². The minimum Gasteiger partial charge on any atom is -0.394 e. The second-order valence-corrected chi connectivity index (χ2v) is 22.3. The summed E-state index contributed by atoms with van der Waals surface area (Å²) in [6, 6.07) is 0. The molecule has 7 aliphatic rings. The highest BCUT2D eigenvalue weighted by atomic mass is 16.7. The van der Waals surface area contributed by atoms with Crippen LogP contribution in [-0.2, 0) is 28.4 Å². The lowest BCUT2D eigenvalue weighted by Crippen LogP contribution is -2.65. The molecule has 3 heterocycles. The summed E-state index contributed by atoms with van der Waals surface area (Å²) in [7, 11) is 0. The van der Waals surface area contributed by atoms with Crippen molar-refractivity contribution in [3.63, 3.8) is 0 Å². The fourth-order valence-corrected chi connectivity index (χ4v) is 14.4. The Kier molecular flexibility index (Phi) is 15.7. The molecule has 0 aromatic heterocycles. The molecule has 65 heavy (non-hydrogen) atoms. The Balaban J connectivity index is 1.09. The fourth-order valence-electron chi connectivity index (χ4n) is 14.4. The van der Waals surface area contributed by atoms with E-state index in [4.69, 9.17) is 28.4 Å². The van der Waals surface area contributed by atoms with Crippen molar-refractivity contribution in [2.75, 3.05) is 19.8 Å². The summed E-state index contributed by atoms with van der Waals surface area (Å²) in [5.74, 6) is 0.145. The first-order chi connectivity index (χ1) is 30.4. The molecule has 18 heteroatoms. The maximum atomic E-state index is 12.5. The lowest BCUT2D eigenvalue weighted by Gasteiger charge is -2.68. The zero-order valence-electron chi connectivity index (χ0n) is 39.1. The topological polar surface area (TPSA) is 298 Å². The van der Waals surface area contributed by atoms with Gasteiger partial charge in [0.15, 0.2) is 18.9 Å². The number of rotatable bonds is 13. The van der Waals surface area contributed by atoms with Crippen LogP contribution in [-0.4, -0.2) is 191 Å². The van der Waals surface area contributed by atoms with Crippen molar-refractivity contribution < 1.29 is 89.7 Å². The Morgan fingerprint density at radius 3 is 1.77 bits per heavy atom. The van der Waals surface area contributed by atoms with Crippen LogP contribution in [0.4, 0.5) is 0 Å². The van der Waals surface area contributed by atoms with E-state index in [-0.39, 0.29) is 46.5 Å². The van der Waals surface area contributed by atoms with Crippen molar-refractivity contribution in [1.82, 2.24) is 0 Å². The van der Waals surface area contributed by atoms with E-state index in [1.165, 1.54) is 0 Å². The number of allylic oxidation sites excluding steroid dienone is 2. The van der Waals surface area contributed by atoms with Crippen molar-refractivity contribution >= 4 is 0 Å². The largest absolute Gasteiger partial charge is 0.394 e. The van der Waals surface area contributed by atoms with E-state index in [2.05, 4.69) is 33.8 Å². The van der Waals surface area contributed by atoms with Gasteiger partial charge in [0.25, 0.3) is 0 Å². The maximum absolute atomic E-state index is 12.5. The first-order valence-electron chi connectivity index (χ1n) is 24.0. The summed E-state index contributed by atoms with van der Waals surface area (Å²) >= 11 is 0. The van der Waals surface area contributed by atoms with E-state index in [0.29, 0.717) is 25.7 Å². The van der Waals surface area contributed by atoms with Gasteiger partial charge in [0, 0.05) is 0 Å². The molecule has 0 bridgehead atoms. The van der Waals surface area contributed by atoms with E-state index in [1.807, 2.05) is 20.8 Å². The zero-order valence-corrected chi connectivity index (χ0v) is 39.1. The van der Waals surface area contributed by atoms with E-state index in [0.717, 1.165) is 37.7 Å². The highest BCUT2D eigenvalue weighted by Gasteiger charge is 2.68. The molecule has 18 nitrogen and oxygen atoms in total. The van der Waals surface area contributed by atoms with Crippen LogP contribution in [0.15, 0.2) is 11.6 Å². The highest BCUT2D eigenvalue weighted by molar-refractivity contribution is 5.17. The number of hydrogen-bond acceptors (Lipinski definition) is 18. The zero-order chi connectivity index (χ0) is 47.7. The molecule has 12 N–H and O–H groups in total. The monoisotopic (exact) mass is 933 g/mol. The van der Waals surface area contributed by atoms with Gasteiger partial charge in [0.2, 0.25) is 0 Å². The summed E-state index contributed by atoms with van der Waals surface area (Å²) in [5.41, 5.74) is -0.595. The van der Waals surface area contributed by atoms with Gasteiger partial charge >= 0.3 is 0 Å². The Labute approximate surface area is 382 Å². The van der Waals surface area contributed by atoms with Gasteiger partial charge < -0.3 is 89.7 Å². The number of fused-ring (bicyclic) bond motifs is 5. The van der Waals surface area contributed by atoms with E-state index >= 15 is 0 Å². The predicted octanol–water partition coefficient (Wildman–Crippen LogP) is -0.417. The molecule has 0 spiro atoms. The Morgan fingerprint density at radius 1 is 0.631 bits per heavy atom. The van der Waals surface area contributed by atoms with E-state index in [1.54, 1.807) is 0 Å². The van der Waals surface area contributed by atoms with Gasteiger partial charge in [-0.15, -0.1) is 0 Å². The molecule has 3 saturated heterocycles. The maximum Gasteiger partial charge on any atom is 0.187 e. The van der Waals surface area contributed by atoms with Gasteiger partial charge in [-0.25, -0.2) is 0 Å². The standard InChI is InChI=1S/C47H80O18/c1-21(2)9-8-14-47(7,65-43-40(59)37(56)34(53)27(63-43)20-60-41-38(57)35(54)32(51)25(18-48)61-41)23-11-10-22-31(23)24(50)17-29-45(22,5)15-12-28-44(3,4)30(13-16-46(28,29)6)64-42-39(58)36(55)33(52)26(19-49)62-42/h9,22-43,48-59H,8,10-20H2,1-7H3/t22?,23-,24+,25+,26+,27+,28-,29-,30-,31-,32+,33+,34+,35-,36-,37-,38+,39+,40+,41+,42-,43-,45-,46-,47-/m0/s1. The van der Waals surface area contributed by atoms with Crippen LogP contribution in [0.2, 0.25) is 0 Å². The summed E-state index contributed by atoms with van der Waals surface area (Å²) < 4.78 is 36.5. The Bertz CT molecular complexity index is 1630. The average molecular weight is 933 g/mol. The molecule has 1 unspecified atom stereocenters. The lowest BCUT2D eigenvalue weighted by atomic mass is 9.38. The van der Waals surface area contributed by atoms with Crippen molar-refractivity contribution in [2.45, 2.75) is 216 Å². The molecule has 0 aromatic rings. The van der Waals surface area contributed by atoms with Crippen molar-refractivity contribution in [2.24, 2.45) is 45.8 Å². The summed E-state index contributed by atoms with van der Waals surface area (Å²) in [5, 5.41) is 128. The van der Waals surface area contributed by atoms with Gasteiger partial charge in [0.05, 0.1) is 37.6 Å². The number of ether oxygens (including phenoxy) is 6. The molecule has 4 aliphatic carbocycles. The van der Waals surface area contributed by atoms with Gasteiger partial charge in [-0.3, -0.25) is 0 Å². The first-order valence-corrected chi connectivity index (χ1v) is 24.0. The van der Waals surface area contributed by atoms with Crippen LogP contribution in [0.25, 0.3) is 0 Å². The molecule has 0 aromatic carbocycles. The molecule has 7 rings (SSSR count). The summed E-state index contributed by atoms with van der Waals surface area (Å²) in [6.45, 7) is 13.4. The van der Waals surface area contributed by atoms with Gasteiger partial charge in [-0.2, -0.15) is 0 Å². The molecule has 376 valence electrons. The Hall–Kier alpha value is -0.980. The quantitative estimate of drug-likeness (QED) is 0.0825. The summed E-state index contributed by atoms with van der Waals surface area (Å²) in [4.78, 5) is 0. The minimum atomic E-state index is -1.71. The molecule has 25 atom stereocenters. The highest BCUT2D eigenvalue weighted by Crippen LogP contribution is 2.72. The van der Waals surface area contributed by atoms with Crippen LogP contribution in [0.1, 0.15) is 106 Å². The molecule has 0 amide bonds. The van der Waals surface area contributed by atoms with Crippen LogP contribution in [0.5, 0.6) is 0 Å². The van der Waals surface area contributed by atoms with Crippen LogP contribution in [0, 0.1) is 45.8 Å².